The van der Waals surface area contributed by atoms with E-state index in [1.165, 1.54) is 12.1 Å². The number of hydrogen-bond acceptors (Lipinski definition) is 8. The first kappa shape index (κ1) is 25.2. The fourth-order valence-corrected chi connectivity index (χ4v) is 4.38. The summed E-state index contributed by atoms with van der Waals surface area (Å²) in [5, 5.41) is 6.36. The van der Waals surface area contributed by atoms with E-state index in [1.807, 2.05) is 26.2 Å². The van der Waals surface area contributed by atoms with E-state index in [2.05, 4.69) is 15.0 Å². The Labute approximate surface area is 186 Å². The number of nitrogens with one attached hydrogen (secondary N) is 1. The highest BCUT2D eigenvalue weighted by atomic mass is 32.2. The second-order valence-corrected chi connectivity index (χ2v) is 11.1. The average molecular weight is 473 g/mol. The normalized spacial score (nSPS) is 15.0. The van der Waals surface area contributed by atoms with E-state index in [0.29, 0.717) is 12.4 Å². The molecule has 7 nitrogen and oxygen atoms in total. The molecular weight excluding hydrogens is 443 g/mol. The summed E-state index contributed by atoms with van der Waals surface area (Å²) in [5.41, 5.74) is 0.446. The van der Waals surface area contributed by atoms with Crippen LogP contribution < -0.4 is 10.1 Å². The Morgan fingerprint density at radius 3 is 2.48 bits per heavy atom. The SMILES string of the molecule is CC(C)(C)OC=O.CS(=O)(=O)c1ccc(OCc2csc(C3CCNCC3)n2)c(F)c1. The minimum atomic E-state index is -3.43. The predicted molar refractivity (Wildman–Crippen MR) is 118 cm³/mol. The Kier molecular flexibility index (Phi) is 8.96. The number of ether oxygens (including phenoxy) is 2. The van der Waals surface area contributed by atoms with Crippen molar-refractivity contribution >= 4 is 27.6 Å². The summed E-state index contributed by atoms with van der Waals surface area (Å²) in [5.74, 6) is -0.179. The molecule has 2 aromatic rings. The molecule has 0 radical (unpaired) electrons. The van der Waals surface area contributed by atoms with Crippen molar-refractivity contribution in [1.82, 2.24) is 10.3 Å². The topological polar surface area (TPSA) is 94.6 Å². The van der Waals surface area contributed by atoms with Crippen molar-refractivity contribution in [3.63, 3.8) is 0 Å². The van der Waals surface area contributed by atoms with Crippen LogP contribution in [0, 0.1) is 5.82 Å². The van der Waals surface area contributed by atoms with Gasteiger partial charge in [-0.05, 0) is 64.9 Å². The molecule has 1 aliphatic heterocycles. The van der Waals surface area contributed by atoms with Crippen LogP contribution in [-0.2, 0) is 26.0 Å². The molecule has 0 aliphatic carbocycles. The lowest BCUT2D eigenvalue weighted by atomic mass is 9.99. The molecule has 0 atom stereocenters. The molecule has 0 unspecified atom stereocenters. The minimum absolute atomic E-state index is 0.0267. The fourth-order valence-electron chi connectivity index (χ4n) is 2.77. The number of halogens is 1. The number of aromatic nitrogens is 1. The fraction of sp³-hybridized carbons (Fsp3) is 0.524. The number of hydrogen-bond donors (Lipinski definition) is 1. The van der Waals surface area contributed by atoms with Gasteiger partial charge in [0.15, 0.2) is 21.4 Å². The molecule has 172 valence electrons. The van der Waals surface area contributed by atoms with E-state index in [1.54, 1.807) is 11.3 Å². The molecule has 1 aromatic carbocycles. The number of sulfone groups is 1. The standard InChI is InChI=1S/C16H19FN2O3S2.C5H10O2/c1-24(20,21)13-2-3-15(14(17)8-13)22-9-12-10-23-16(19-12)11-4-6-18-7-5-11;1-5(2,3)7-4-6/h2-3,8,10-11,18H,4-7,9H2,1H3;4H,1-3H3. The third kappa shape index (κ3) is 8.54. The van der Waals surface area contributed by atoms with Gasteiger partial charge in [-0.25, -0.2) is 17.8 Å². The largest absolute Gasteiger partial charge is 0.484 e. The maximum absolute atomic E-state index is 14.0. The van der Waals surface area contributed by atoms with Crippen LogP contribution in [0.1, 0.15) is 50.2 Å². The molecule has 1 aromatic heterocycles. The number of carbonyl (C=O) groups excluding carboxylic acids is 1. The lowest BCUT2D eigenvalue weighted by Gasteiger charge is -2.20. The van der Waals surface area contributed by atoms with Crippen molar-refractivity contribution in [3.05, 3.63) is 40.1 Å². The van der Waals surface area contributed by atoms with Gasteiger partial charge in [0.25, 0.3) is 6.47 Å². The van der Waals surface area contributed by atoms with Gasteiger partial charge in [0.1, 0.15) is 12.2 Å². The molecular formula is C21H29FN2O5S2. The molecule has 1 saturated heterocycles. The highest BCUT2D eigenvalue weighted by Crippen LogP contribution is 2.28. The van der Waals surface area contributed by atoms with Crippen LogP contribution in [0.2, 0.25) is 0 Å². The average Bonchev–Trinajstić information content (AvgIpc) is 3.15. The van der Waals surface area contributed by atoms with Crippen molar-refractivity contribution in [1.29, 1.82) is 0 Å². The first-order valence-corrected chi connectivity index (χ1v) is 12.7. The maximum Gasteiger partial charge on any atom is 0.293 e. The van der Waals surface area contributed by atoms with Crippen molar-refractivity contribution < 1.29 is 27.1 Å². The van der Waals surface area contributed by atoms with Crippen LogP contribution >= 0.6 is 11.3 Å². The number of carbonyl (C=O) groups is 1. The van der Waals surface area contributed by atoms with Crippen LogP contribution in [0.4, 0.5) is 4.39 Å². The van der Waals surface area contributed by atoms with E-state index in [4.69, 9.17) is 4.74 Å². The van der Waals surface area contributed by atoms with Gasteiger partial charge in [-0.1, -0.05) is 0 Å². The van der Waals surface area contributed by atoms with E-state index in [9.17, 15) is 17.6 Å². The summed E-state index contributed by atoms with van der Waals surface area (Å²) >= 11 is 1.61. The van der Waals surface area contributed by atoms with Crippen LogP contribution in [0.15, 0.2) is 28.5 Å². The summed E-state index contributed by atoms with van der Waals surface area (Å²) < 4.78 is 46.8. The first-order chi connectivity index (χ1) is 14.5. The molecule has 10 heteroatoms. The van der Waals surface area contributed by atoms with Crippen LogP contribution in [-0.4, -0.2) is 44.8 Å². The van der Waals surface area contributed by atoms with Crippen LogP contribution in [0.25, 0.3) is 0 Å². The Bertz CT molecular complexity index is 964. The smallest absolute Gasteiger partial charge is 0.293 e. The second kappa shape index (κ2) is 11.0. The van der Waals surface area contributed by atoms with E-state index in [0.717, 1.165) is 49.0 Å². The molecule has 3 rings (SSSR count). The van der Waals surface area contributed by atoms with Gasteiger partial charge in [0.05, 0.1) is 15.6 Å². The highest BCUT2D eigenvalue weighted by Gasteiger charge is 2.19. The molecule has 1 fully saturated rings. The number of rotatable bonds is 6. The maximum atomic E-state index is 14.0. The Morgan fingerprint density at radius 2 is 1.97 bits per heavy atom. The molecule has 1 aliphatic rings. The molecule has 0 amide bonds. The third-order valence-corrected chi connectivity index (χ3v) is 6.53. The van der Waals surface area contributed by atoms with Gasteiger partial charge in [-0.2, -0.15) is 0 Å². The molecule has 0 saturated carbocycles. The Morgan fingerprint density at radius 1 is 1.29 bits per heavy atom. The Hall–Kier alpha value is -2.04. The number of benzene rings is 1. The van der Waals surface area contributed by atoms with Crippen LogP contribution in [0.3, 0.4) is 0 Å². The van der Waals surface area contributed by atoms with Crippen molar-refractivity contribution in [3.8, 4) is 5.75 Å². The summed E-state index contributed by atoms with van der Waals surface area (Å²) in [6.07, 6.45) is 3.20. The van der Waals surface area contributed by atoms with Gasteiger partial charge in [0.2, 0.25) is 0 Å². The zero-order chi connectivity index (χ0) is 23.1. The van der Waals surface area contributed by atoms with Gasteiger partial charge < -0.3 is 14.8 Å². The summed E-state index contributed by atoms with van der Waals surface area (Å²) in [6.45, 7) is 8.10. The first-order valence-electron chi connectivity index (χ1n) is 9.88. The van der Waals surface area contributed by atoms with Gasteiger partial charge in [0, 0.05) is 17.6 Å². The number of piperidine rings is 1. The molecule has 0 bridgehead atoms. The second-order valence-electron chi connectivity index (χ2n) is 8.18. The van der Waals surface area contributed by atoms with E-state index >= 15 is 0 Å². The van der Waals surface area contributed by atoms with Crippen molar-refractivity contribution in [2.75, 3.05) is 19.3 Å². The monoisotopic (exact) mass is 472 g/mol. The molecule has 2 heterocycles. The highest BCUT2D eigenvalue weighted by molar-refractivity contribution is 7.90. The minimum Gasteiger partial charge on any atom is -0.484 e. The van der Waals surface area contributed by atoms with Crippen LogP contribution in [0.5, 0.6) is 5.75 Å². The van der Waals surface area contributed by atoms with Gasteiger partial charge in [-0.15, -0.1) is 11.3 Å². The zero-order valence-electron chi connectivity index (χ0n) is 18.2. The summed E-state index contributed by atoms with van der Waals surface area (Å²) in [4.78, 5) is 14.1. The zero-order valence-corrected chi connectivity index (χ0v) is 19.8. The van der Waals surface area contributed by atoms with E-state index < -0.39 is 15.7 Å². The number of nitrogens with zero attached hydrogens (tertiary/aromatic N) is 1. The van der Waals surface area contributed by atoms with E-state index in [-0.39, 0.29) is 22.9 Å². The molecule has 31 heavy (non-hydrogen) atoms. The van der Waals surface area contributed by atoms with Crippen molar-refractivity contribution in [2.45, 2.75) is 56.6 Å². The predicted octanol–water partition coefficient (Wildman–Crippen LogP) is 3.69. The Balaban J connectivity index is 0.000000423. The van der Waals surface area contributed by atoms with Gasteiger partial charge in [-0.3, -0.25) is 4.79 Å². The molecule has 0 spiro atoms. The molecule has 1 N–H and O–H groups in total. The summed E-state index contributed by atoms with van der Waals surface area (Å²) in [6, 6.07) is 3.66. The lowest BCUT2D eigenvalue weighted by molar-refractivity contribution is -0.138. The quantitative estimate of drug-likeness (QED) is 0.641. The lowest BCUT2D eigenvalue weighted by Crippen LogP contribution is -2.26. The van der Waals surface area contributed by atoms with Gasteiger partial charge >= 0.3 is 0 Å². The number of thiazole rings is 1. The third-order valence-electron chi connectivity index (χ3n) is 4.37. The summed E-state index contributed by atoms with van der Waals surface area (Å²) in [7, 11) is -3.43. The van der Waals surface area contributed by atoms with Crippen molar-refractivity contribution in [2.24, 2.45) is 0 Å².